The monoisotopic (exact) mass is 442 g/mol. The van der Waals surface area contributed by atoms with Gasteiger partial charge in [0.25, 0.3) is 0 Å². The zero-order chi connectivity index (χ0) is 23.4. The minimum atomic E-state index is -0.703. The van der Waals surface area contributed by atoms with Gasteiger partial charge in [-0.25, -0.2) is 0 Å². The molecule has 5 aliphatic carbocycles. The van der Waals surface area contributed by atoms with Gasteiger partial charge in [-0.1, -0.05) is 46.8 Å². The Morgan fingerprint density at radius 1 is 0.875 bits per heavy atom. The molecule has 2 nitrogen and oxygen atoms in total. The summed E-state index contributed by atoms with van der Waals surface area (Å²) in [5.41, 5.74) is 1.44. The lowest BCUT2D eigenvalue weighted by molar-refractivity contribution is -0.161. The third-order valence-corrected chi connectivity index (χ3v) is 12.9. The van der Waals surface area contributed by atoms with Crippen LogP contribution in [0, 0.1) is 50.7 Å². The zero-order valence-electron chi connectivity index (χ0n) is 22.0. The molecular formula is C30H50O2. The fourth-order valence-electron chi connectivity index (χ4n) is 11.0. The molecule has 0 radical (unpaired) electrons. The van der Waals surface area contributed by atoms with E-state index < -0.39 is 5.60 Å². The Morgan fingerprint density at radius 3 is 2.22 bits per heavy atom. The van der Waals surface area contributed by atoms with E-state index in [0.717, 1.165) is 30.6 Å². The number of hydrogen-bond acceptors (Lipinski definition) is 2. The molecule has 0 bridgehead atoms. The summed E-state index contributed by atoms with van der Waals surface area (Å²) in [6.45, 7) is 16.3. The Hall–Kier alpha value is -0.340. The summed E-state index contributed by atoms with van der Waals surface area (Å²) in [5, 5.41) is 20.9. The van der Waals surface area contributed by atoms with Crippen LogP contribution in [0.2, 0.25) is 0 Å². The van der Waals surface area contributed by atoms with E-state index in [1.807, 2.05) is 19.9 Å². The second kappa shape index (κ2) is 6.87. The van der Waals surface area contributed by atoms with Crippen LogP contribution < -0.4 is 0 Å². The van der Waals surface area contributed by atoms with Crippen LogP contribution in [-0.4, -0.2) is 21.9 Å². The van der Waals surface area contributed by atoms with Gasteiger partial charge in [-0.15, -0.1) is 0 Å². The predicted molar refractivity (Wildman–Crippen MR) is 132 cm³/mol. The average Bonchev–Trinajstić information content (AvgIpc) is 3.27. The van der Waals surface area contributed by atoms with Crippen molar-refractivity contribution in [3.05, 3.63) is 12.2 Å². The third-order valence-electron chi connectivity index (χ3n) is 12.9. The minimum Gasteiger partial charge on any atom is -0.393 e. The van der Waals surface area contributed by atoms with Crippen LogP contribution in [0.4, 0.5) is 0 Å². The summed E-state index contributed by atoms with van der Waals surface area (Å²) in [5.74, 6) is 3.10. The standard InChI is InChI=1S/C30H50O2/c1-20(9-8-14-25(2,3)32)21-12-15-28(7)23-11-10-22-26(4,5)24(31)13-16-29(22)19-30(23,29)18-17-27(21,28)6/h8,14,20-24,31-32H,9-13,15-19H2,1-7H3/b14-8+/t20?,21-,22+,23+,24?,27-,28+,29-,30+/m1/s1. The molecule has 0 aliphatic heterocycles. The first-order valence-corrected chi connectivity index (χ1v) is 13.8. The smallest absolute Gasteiger partial charge is 0.0771 e. The second-order valence-electron chi connectivity index (χ2n) is 14.8. The first-order valence-electron chi connectivity index (χ1n) is 13.8. The molecule has 182 valence electrons. The second-order valence-corrected chi connectivity index (χ2v) is 14.8. The zero-order valence-corrected chi connectivity index (χ0v) is 22.0. The average molecular weight is 443 g/mol. The van der Waals surface area contributed by atoms with E-state index in [1.165, 1.54) is 51.4 Å². The van der Waals surface area contributed by atoms with Crippen molar-refractivity contribution in [1.82, 2.24) is 0 Å². The Kier molecular flexibility index (Phi) is 5.02. The highest BCUT2D eigenvalue weighted by atomic mass is 16.3. The molecule has 5 saturated carbocycles. The molecule has 2 N–H and O–H groups in total. The molecular weight excluding hydrogens is 392 g/mol. The molecule has 0 heterocycles. The molecule has 2 heteroatoms. The summed E-state index contributed by atoms with van der Waals surface area (Å²) < 4.78 is 0. The van der Waals surface area contributed by atoms with Gasteiger partial charge in [-0.3, -0.25) is 0 Å². The van der Waals surface area contributed by atoms with E-state index >= 15 is 0 Å². The first-order chi connectivity index (χ1) is 14.7. The summed E-state index contributed by atoms with van der Waals surface area (Å²) in [6.07, 6.45) is 17.4. The van der Waals surface area contributed by atoms with E-state index in [9.17, 15) is 10.2 Å². The fraction of sp³-hybridized carbons (Fsp3) is 0.933. The topological polar surface area (TPSA) is 40.5 Å². The Bertz CT molecular complexity index is 791. The van der Waals surface area contributed by atoms with Gasteiger partial charge in [0.05, 0.1) is 11.7 Å². The molecule has 0 aromatic rings. The molecule has 5 rings (SSSR count). The highest BCUT2D eigenvalue weighted by Gasteiger charge is 2.82. The van der Waals surface area contributed by atoms with Gasteiger partial charge in [-0.2, -0.15) is 0 Å². The summed E-state index contributed by atoms with van der Waals surface area (Å²) in [4.78, 5) is 0. The van der Waals surface area contributed by atoms with Gasteiger partial charge in [0, 0.05) is 0 Å². The van der Waals surface area contributed by atoms with Crippen molar-refractivity contribution in [2.45, 2.75) is 124 Å². The van der Waals surface area contributed by atoms with E-state index in [4.69, 9.17) is 0 Å². The number of rotatable bonds is 4. The van der Waals surface area contributed by atoms with E-state index in [0.29, 0.717) is 27.6 Å². The number of aliphatic hydroxyl groups excluding tert-OH is 1. The molecule has 5 fully saturated rings. The van der Waals surface area contributed by atoms with Crippen LogP contribution in [0.1, 0.15) is 113 Å². The third kappa shape index (κ3) is 2.84. The van der Waals surface area contributed by atoms with Crippen molar-refractivity contribution in [2.75, 3.05) is 0 Å². The maximum Gasteiger partial charge on any atom is 0.0771 e. The number of allylic oxidation sites excluding steroid dienone is 1. The normalized spacial score (nSPS) is 52.7. The number of aliphatic hydroxyl groups is 2. The van der Waals surface area contributed by atoms with Gasteiger partial charge >= 0.3 is 0 Å². The van der Waals surface area contributed by atoms with Crippen LogP contribution >= 0.6 is 0 Å². The molecule has 0 aromatic heterocycles. The fourth-order valence-corrected chi connectivity index (χ4v) is 11.0. The molecule has 9 atom stereocenters. The van der Waals surface area contributed by atoms with Gasteiger partial charge in [0.15, 0.2) is 0 Å². The number of hydrogen-bond donors (Lipinski definition) is 2. The van der Waals surface area contributed by atoms with E-state index in [-0.39, 0.29) is 11.5 Å². The summed E-state index contributed by atoms with van der Waals surface area (Å²) >= 11 is 0. The molecule has 2 spiro atoms. The van der Waals surface area contributed by atoms with Crippen molar-refractivity contribution in [3.63, 3.8) is 0 Å². The molecule has 5 aliphatic rings. The van der Waals surface area contributed by atoms with Crippen molar-refractivity contribution in [2.24, 2.45) is 50.7 Å². The van der Waals surface area contributed by atoms with Gasteiger partial charge in [0.1, 0.15) is 0 Å². The molecule has 0 aromatic carbocycles. The van der Waals surface area contributed by atoms with Crippen molar-refractivity contribution >= 4 is 0 Å². The van der Waals surface area contributed by atoms with Crippen LogP contribution in [0.15, 0.2) is 12.2 Å². The van der Waals surface area contributed by atoms with Gasteiger partial charge in [-0.05, 0) is 129 Å². The lowest BCUT2D eigenvalue weighted by Gasteiger charge is -2.63. The van der Waals surface area contributed by atoms with Crippen LogP contribution in [0.3, 0.4) is 0 Å². The van der Waals surface area contributed by atoms with Gasteiger partial charge < -0.3 is 10.2 Å². The van der Waals surface area contributed by atoms with E-state index in [1.54, 1.807) is 0 Å². The van der Waals surface area contributed by atoms with Crippen LogP contribution in [0.25, 0.3) is 0 Å². The van der Waals surface area contributed by atoms with Crippen molar-refractivity contribution in [3.8, 4) is 0 Å². The molecule has 0 amide bonds. The van der Waals surface area contributed by atoms with Gasteiger partial charge in [0.2, 0.25) is 0 Å². The van der Waals surface area contributed by atoms with Crippen LogP contribution in [0.5, 0.6) is 0 Å². The quantitative estimate of drug-likeness (QED) is 0.454. The number of fused-ring (bicyclic) bond motifs is 2. The minimum absolute atomic E-state index is 0.0912. The largest absolute Gasteiger partial charge is 0.393 e. The maximum absolute atomic E-state index is 10.8. The Morgan fingerprint density at radius 2 is 1.53 bits per heavy atom. The Labute approximate surface area is 197 Å². The molecule has 32 heavy (non-hydrogen) atoms. The van der Waals surface area contributed by atoms with Crippen molar-refractivity contribution in [1.29, 1.82) is 0 Å². The molecule has 0 saturated heterocycles. The lowest BCUT2D eigenvalue weighted by atomic mass is 9.42. The Balaban J connectivity index is 1.40. The SMILES string of the molecule is CC(C/C=C/C(C)(C)O)[C@H]1CC[C@@]2(C)[C@@H]3CC[C@H]4C(C)(C)C(O)CC[C@@]45C[C@@]35CC[C@]12C. The molecule has 2 unspecified atom stereocenters. The highest BCUT2D eigenvalue weighted by molar-refractivity contribution is 5.30. The van der Waals surface area contributed by atoms with Crippen molar-refractivity contribution < 1.29 is 10.2 Å². The summed E-state index contributed by atoms with van der Waals surface area (Å²) in [6, 6.07) is 0. The maximum atomic E-state index is 10.8. The van der Waals surface area contributed by atoms with Crippen LogP contribution in [-0.2, 0) is 0 Å². The predicted octanol–water partition coefficient (Wildman–Crippen LogP) is 7.14. The highest BCUT2D eigenvalue weighted by Crippen LogP contribution is 2.89. The van der Waals surface area contributed by atoms with E-state index in [2.05, 4.69) is 40.7 Å². The lowest BCUT2D eigenvalue weighted by Crippen LogP contribution is -2.57. The first kappa shape index (κ1) is 23.4. The summed E-state index contributed by atoms with van der Waals surface area (Å²) in [7, 11) is 0.